The molecule has 5 nitrogen and oxygen atoms in total. The fraction of sp³-hybridized carbons (Fsp3) is 0.0870. The molecule has 0 fully saturated rings. The lowest BCUT2D eigenvalue weighted by Gasteiger charge is -2.10. The summed E-state index contributed by atoms with van der Waals surface area (Å²) in [5, 5.41) is 0. The Morgan fingerprint density at radius 1 is 0.571 bits per heavy atom. The zero-order valence-corrected chi connectivity index (χ0v) is 15.7. The van der Waals surface area contributed by atoms with Crippen molar-refractivity contribution in [2.24, 2.45) is 0 Å². The second kappa shape index (κ2) is 7.88. The van der Waals surface area contributed by atoms with Crippen molar-refractivity contribution in [2.45, 2.75) is 13.8 Å². The van der Waals surface area contributed by atoms with E-state index in [1.54, 1.807) is 0 Å². The van der Waals surface area contributed by atoms with Crippen molar-refractivity contribution in [3.05, 3.63) is 90.0 Å². The van der Waals surface area contributed by atoms with Crippen LogP contribution in [0.25, 0.3) is 11.4 Å². The van der Waals surface area contributed by atoms with Crippen molar-refractivity contribution < 1.29 is 9.47 Å². The Labute approximate surface area is 163 Å². The van der Waals surface area contributed by atoms with Gasteiger partial charge in [-0.25, -0.2) is 0 Å². The van der Waals surface area contributed by atoms with Gasteiger partial charge in [-0.05, 0) is 49.2 Å². The Morgan fingerprint density at radius 2 is 1.11 bits per heavy atom. The van der Waals surface area contributed by atoms with Gasteiger partial charge in [-0.15, -0.1) is 4.98 Å². The van der Waals surface area contributed by atoms with Crippen LogP contribution in [-0.2, 0) is 0 Å². The molecule has 1 heterocycles. The fourth-order valence-corrected chi connectivity index (χ4v) is 2.71. The molecule has 0 radical (unpaired) electrons. The van der Waals surface area contributed by atoms with Crippen molar-refractivity contribution in [3.63, 3.8) is 0 Å². The van der Waals surface area contributed by atoms with Gasteiger partial charge in [-0.2, -0.15) is 9.97 Å². The maximum Gasteiger partial charge on any atom is 0.328 e. The van der Waals surface area contributed by atoms with E-state index >= 15 is 0 Å². The lowest BCUT2D eigenvalue weighted by atomic mass is 10.2. The van der Waals surface area contributed by atoms with Gasteiger partial charge in [0.15, 0.2) is 5.82 Å². The third kappa shape index (κ3) is 4.32. The fourth-order valence-electron chi connectivity index (χ4n) is 2.71. The highest BCUT2D eigenvalue weighted by atomic mass is 16.5. The van der Waals surface area contributed by atoms with Crippen LogP contribution < -0.4 is 9.47 Å². The van der Waals surface area contributed by atoms with E-state index in [1.807, 2.05) is 92.7 Å². The van der Waals surface area contributed by atoms with Crippen LogP contribution in [0.15, 0.2) is 78.9 Å². The molecule has 0 spiro atoms. The first-order chi connectivity index (χ1) is 13.7. The van der Waals surface area contributed by atoms with E-state index in [1.165, 1.54) is 0 Å². The molecule has 5 heteroatoms. The molecule has 0 atom stereocenters. The van der Waals surface area contributed by atoms with Crippen molar-refractivity contribution in [1.29, 1.82) is 0 Å². The van der Waals surface area contributed by atoms with Gasteiger partial charge in [0.1, 0.15) is 11.5 Å². The Hall–Kier alpha value is -3.73. The van der Waals surface area contributed by atoms with E-state index in [-0.39, 0.29) is 12.0 Å². The molecule has 4 aromatic rings. The molecule has 0 unspecified atom stereocenters. The summed E-state index contributed by atoms with van der Waals surface area (Å²) < 4.78 is 11.8. The lowest BCUT2D eigenvalue weighted by Crippen LogP contribution is -2.01. The molecule has 0 saturated carbocycles. The zero-order valence-electron chi connectivity index (χ0n) is 15.7. The number of hydrogen-bond acceptors (Lipinski definition) is 5. The average Bonchev–Trinajstić information content (AvgIpc) is 2.68. The van der Waals surface area contributed by atoms with E-state index < -0.39 is 0 Å². The minimum atomic E-state index is 0.183. The van der Waals surface area contributed by atoms with Crippen LogP contribution in [0.3, 0.4) is 0 Å². The summed E-state index contributed by atoms with van der Waals surface area (Å²) in [6.07, 6.45) is 0. The predicted octanol–water partition coefficient (Wildman–Crippen LogP) is 5.74. The summed E-state index contributed by atoms with van der Waals surface area (Å²) in [5.74, 6) is 1.80. The number of hydrogen-bond donors (Lipinski definition) is 0. The second-order valence-electron chi connectivity index (χ2n) is 6.43. The third-order valence-corrected chi connectivity index (χ3v) is 4.02. The SMILES string of the molecule is Cc1cccc(Oc2nc(Oc3cccc(C)c3)nc(-c3ccccc3)n2)c1. The highest BCUT2D eigenvalue weighted by molar-refractivity contribution is 5.55. The van der Waals surface area contributed by atoms with E-state index in [0.29, 0.717) is 17.3 Å². The summed E-state index contributed by atoms with van der Waals surface area (Å²) >= 11 is 0. The standard InChI is InChI=1S/C23H19N3O2/c1-16-8-6-12-19(14-16)27-22-24-21(18-10-4-3-5-11-18)25-23(26-22)28-20-13-7-9-17(2)15-20/h3-15H,1-2H3. The van der Waals surface area contributed by atoms with E-state index in [2.05, 4.69) is 15.0 Å². The topological polar surface area (TPSA) is 57.1 Å². The van der Waals surface area contributed by atoms with Gasteiger partial charge in [0.25, 0.3) is 0 Å². The number of nitrogens with zero attached hydrogens (tertiary/aromatic N) is 3. The minimum absolute atomic E-state index is 0.183. The van der Waals surface area contributed by atoms with E-state index in [0.717, 1.165) is 16.7 Å². The van der Waals surface area contributed by atoms with Gasteiger partial charge in [0.05, 0.1) is 0 Å². The molecule has 28 heavy (non-hydrogen) atoms. The Balaban J connectivity index is 1.72. The summed E-state index contributed by atoms with van der Waals surface area (Å²) in [6, 6.07) is 25.5. The van der Waals surface area contributed by atoms with Crippen molar-refractivity contribution >= 4 is 0 Å². The quantitative estimate of drug-likeness (QED) is 0.449. The molecule has 3 aromatic carbocycles. The normalized spacial score (nSPS) is 10.5. The zero-order chi connectivity index (χ0) is 19.3. The second-order valence-corrected chi connectivity index (χ2v) is 6.43. The van der Waals surface area contributed by atoms with Crippen LogP contribution in [0.2, 0.25) is 0 Å². The van der Waals surface area contributed by atoms with Gasteiger partial charge >= 0.3 is 12.0 Å². The molecular weight excluding hydrogens is 350 g/mol. The van der Waals surface area contributed by atoms with Crippen molar-refractivity contribution in [2.75, 3.05) is 0 Å². The first kappa shape index (κ1) is 17.7. The number of aromatic nitrogens is 3. The van der Waals surface area contributed by atoms with Crippen LogP contribution in [0, 0.1) is 13.8 Å². The van der Waals surface area contributed by atoms with Gasteiger partial charge in [-0.1, -0.05) is 54.6 Å². The van der Waals surface area contributed by atoms with Gasteiger partial charge < -0.3 is 9.47 Å². The highest BCUT2D eigenvalue weighted by Gasteiger charge is 2.12. The monoisotopic (exact) mass is 369 g/mol. The third-order valence-electron chi connectivity index (χ3n) is 4.02. The highest BCUT2D eigenvalue weighted by Crippen LogP contribution is 2.26. The largest absolute Gasteiger partial charge is 0.424 e. The van der Waals surface area contributed by atoms with Crippen LogP contribution >= 0.6 is 0 Å². The molecule has 0 bridgehead atoms. The number of rotatable bonds is 5. The van der Waals surface area contributed by atoms with Crippen LogP contribution in [-0.4, -0.2) is 15.0 Å². The summed E-state index contributed by atoms with van der Waals surface area (Å²) in [6.45, 7) is 4.00. The smallest absolute Gasteiger partial charge is 0.328 e. The number of benzene rings is 3. The summed E-state index contributed by atoms with van der Waals surface area (Å²) in [7, 11) is 0. The molecule has 0 saturated heterocycles. The molecule has 1 aromatic heterocycles. The first-order valence-corrected chi connectivity index (χ1v) is 8.96. The van der Waals surface area contributed by atoms with Gasteiger partial charge in [0, 0.05) is 5.56 Å². The van der Waals surface area contributed by atoms with Gasteiger partial charge in [-0.3, -0.25) is 0 Å². The van der Waals surface area contributed by atoms with E-state index in [9.17, 15) is 0 Å². The summed E-state index contributed by atoms with van der Waals surface area (Å²) in [5.41, 5.74) is 3.03. The first-order valence-electron chi connectivity index (χ1n) is 8.96. The Morgan fingerprint density at radius 3 is 1.61 bits per heavy atom. The molecular formula is C23H19N3O2. The van der Waals surface area contributed by atoms with Crippen LogP contribution in [0.4, 0.5) is 0 Å². The Bertz CT molecular complexity index is 1030. The minimum Gasteiger partial charge on any atom is -0.424 e. The number of ether oxygens (including phenoxy) is 2. The molecule has 0 aliphatic rings. The van der Waals surface area contributed by atoms with E-state index in [4.69, 9.17) is 9.47 Å². The average molecular weight is 369 g/mol. The Kier molecular flexibility index (Phi) is 4.97. The molecule has 0 aliphatic carbocycles. The predicted molar refractivity (Wildman–Crippen MR) is 108 cm³/mol. The van der Waals surface area contributed by atoms with Gasteiger partial charge in [0.2, 0.25) is 0 Å². The molecule has 0 N–H and O–H groups in total. The molecule has 138 valence electrons. The maximum atomic E-state index is 5.88. The lowest BCUT2D eigenvalue weighted by molar-refractivity contribution is 0.398. The molecule has 4 rings (SSSR count). The maximum absolute atomic E-state index is 5.88. The van der Waals surface area contributed by atoms with Crippen LogP contribution in [0.5, 0.6) is 23.5 Å². The number of aryl methyl sites for hydroxylation is 2. The van der Waals surface area contributed by atoms with Crippen LogP contribution in [0.1, 0.15) is 11.1 Å². The molecule has 0 aliphatic heterocycles. The van der Waals surface area contributed by atoms with Crippen molar-refractivity contribution in [3.8, 4) is 34.9 Å². The van der Waals surface area contributed by atoms with Crippen molar-refractivity contribution in [1.82, 2.24) is 15.0 Å². The molecule has 0 amide bonds. The summed E-state index contributed by atoms with van der Waals surface area (Å²) in [4.78, 5) is 13.3.